The zero-order valence-corrected chi connectivity index (χ0v) is 9.31. The molecule has 1 nitrogen and oxygen atoms in total. The Kier molecular flexibility index (Phi) is 5.45. The van der Waals surface area contributed by atoms with Crippen molar-refractivity contribution in [3.63, 3.8) is 0 Å². The van der Waals surface area contributed by atoms with Gasteiger partial charge in [0.2, 0.25) is 0 Å². The highest BCUT2D eigenvalue weighted by Gasteiger charge is 2.33. The van der Waals surface area contributed by atoms with E-state index >= 15 is 0 Å². The summed E-state index contributed by atoms with van der Waals surface area (Å²) in [5, 5.41) is 3.59. The molecule has 0 aliphatic carbocycles. The molecule has 0 radical (unpaired) electrons. The first-order valence-corrected chi connectivity index (χ1v) is 6.14. The molecular weight excluding hydrogens is 158 g/mol. The van der Waals surface area contributed by atoms with Gasteiger partial charge in [0.25, 0.3) is 0 Å². The van der Waals surface area contributed by atoms with Crippen LogP contribution in [0, 0.1) is 0 Å². The summed E-state index contributed by atoms with van der Waals surface area (Å²) in [6.45, 7) is 4.55. The van der Waals surface area contributed by atoms with E-state index in [2.05, 4.69) is 19.2 Å². The van der Waals surface area contributed by atoms with Crippen molar-refractivity contribution >= 4 is 0 Å². The molecule has 0 aromatic heterocycles. The van der Waals surface area contributed by atoms with Crippen molar-refractivity contribution in [3.05, 3.63) is 0 Å². The van der Waals surface area contributed by atoms with Crippen molar-refractivity contribution in [2.24, 2.45) is 0 Å². The van der Waals surface area contributed by atoms with Crippen LogP contribution in [0.5, 0.6) is 0 Å². The van der Waals surface area contributed by atoms with Gasteiger partial charge in [0.1, 0.15) is 0 Å². The molecule has 1 N–H and O–H groups in total. The van der Waals surface area contributed by atoms with E-state index in [1.54, 1.807) is 0 Å². The number of nitrogens with one attached hydrogen (secondary N) is 1. The van der Waals surface area contributed by atoms with E-state index in [1.165, 1.54) is 51.4 Å². The quantitative estimate of drug-likeness (QED) is 0.451. The van der Waals surface area contributed by atoms with Crippen molar-refractivity contribution in [2.75, 3.05) is 0 Å². The Balaban J connectivity index is 1.85. The van der Waals surface area contributed by atoms with Crippen LogP contribution in [0.3, 0.4) is 0 Å². The van der Waals surface area contributed by atoms with E-state index in [1.807, 2.05) is 0 Å². The first-order valence-electron chi connectivity index (χ1n) is 6.14. The maximum absolute atomic E-state index is 3.59. The first-order chi connectivity index (χ1) is 6.38. The van der Waals surface area contributed by atoms with Crippen molar-refractivity contribution in [3.8, 4) is 0 Å². The highest BCUT2D eigenvalue weighted by atomic mass is 15.1. The fraction of sp³-hybridized carbons (Fsp3) is 1.00. The van der Waals surface area contributed by atoms with E-state index in [4.69, 9.17) is 0 Å². The van der Waals surface area contributed by atoms with E-state index in [9.17, 15) is 0 Å². The molecule has 0 bridgehead atoms. The van der Waals surface area contributed by atoms with E-state index in [0.717, 1.165) is 12.1 Å². The van der Waals surface area contributed by atoms with Crippen molar-refractivity contribution in [1.29, 1.82) is 0 Å². The Morgan fingerprint density at radius 3 is 1.62 bits per heavy atom. The van der Waals surface area contributed by atoms with Gasteiger partial charge in [0.05, 0.1) is 0 Å². The predicted octanol–water partition coefficient (Wildman–Crippen LogP) is 3.49. The highest BCUT2D eigenvalue weighted by molar-refractivity contribution is 4.97. The van der Waals surface area contributed by atoms with Crippen molar-refractivity contribution in [2.45, 2.75) is 77.3 Å². The molecule has 1 saturated heterocycles. The van der Waals surface area contributed by atoms with Crippen LogP contribution < -0.4 is 5.32 Å². The summed E-state index contributed by atoms with van der Waals surface area (Å²) in [6.07, 6.45) is 11.2. The molecule has 0 spiro atoms. The second kappa shape index (κ2) is 6.42. The molecule has 1 heterocycles. The number of unbranched alkanes of at least 4 members (excludes halogenated alkanes) is 4. The Bertz CT molecular complexity index is 108. The lowest BCUT2D eigenvalue weighted by molar-refractivity contribution is 0.619. The van der Waals surface area contributed by atoms with Crippen LogP contribution in [0.15, 0.2) is 0 Å². The summed E-state index contributed by atoms with van der Waals surface area (Å²) in [6, 6.07) is 1.78. The molecule has 1 heteroatoms. The zero-order chi connectivity index (χ0) is 9.52. The van der Waals surface area contributed by atoms with Gasteiger partial charge in [-0.2, -0.15) is 0 Å². The van der Waals surface area contributed by atoms with Crippen molar-refractivity contribution in [1.82, 2.24) is 5.32 Å². The van der Waals surface area contributed by atoms with Gasteiger partial charge in [-0.1, -0.05) is 52.4 Å². The summed E-state index contributed by atoms with van der Waals surface area (Å²) < 4.78 is 0. The summed E-state index contributed by atoms with van der Waals surface area (Å²) in [4.78, 5) is 0. The molecule has 1 aliphatic heterocycles. The third-order valence-electron chi connectivity index (χ3n) is 3.04. The number of hydrogen-bond acceptors (Lipinski definition) is 1. The summed E-state index contributed by atoms with van der Waals surface area (Å²) in [5.41, 5.74) is 0. The van der Waals surface area contributed by atoms with Crippen LogP contribution >= 0.6 is 0 Å². The average molecular weight is 183 g/mol. The van der Waals surface area contributed by atoms with Gasteiger partial charge in [-0.3, -0.25) is 0 Å². The molecule has 78 valence electrons. The monoisotopic (exact) mass is 183 g/mol. The zero-order valence-electron chi connectivity index (χ0n) is 9.31. The molecule has 1 aliphatic rings. The normalized spacial score (nSPS) is 26.3. The van der Waals surface area contributed by atoms with Crippen LogP contribution in [0.1, 0.15) is 65.2 Å². The predicted molar refractivity (Wildman–Crippen MR) is 59.0 cm³/mol. The third kappa shape index (κ3) is 4.66. The largest absolute Gasteiger partial charge is 0.308 e. The Hall–Kier alpha value is -0.0400. The maximum atomic E-state index is 3.59. The first kappa shape index (κ1) is 11.0. The van der Waals surface area contributed by atoms with E-state index in [0.29, 0.717) is 0 Å². The molecule has 0 saturated carbocycles. The van der Waals surface area contributed by atoms with Crippen LogP contribution in [0.25, 0.3) is 0 Å². The van der Waals surface area contributed by atoms with Gasteiger partial charge in [-0.15, -0.1) is 0 Å². The minimum absolute atomic E-state index is 0.892. The van der Waals surface area contributed by atoms with Gasteiger partial charge in [-0.05, 0) is 12.8 Å². The van der Waals surface area contributed by atoms with Crippen LogP contribution in [0.4, 0.5) is 0 Å². The van der Waals surface area contributed by atoms with Gasteiger partial charge in [0.15, 0.2) is 0 Å². The van der Waals surface area contributed by atoms with Crippen LogP contribution in [-0.2, 0) is 0 Å². The molecule has 0 amide bonds. The maximum Gasteiger partial charge on any atom is 0.0224 e. The Morgan fingerprint density at radius 1 is 0.769 bits per heavy atom. The molecule has 0 aromatic carbocycles. The lowest BCUT2D eigenvalue weighted by atomic mass is 10.1. The Morgan fingerprint density at radius 2 is 1.23 bits per heavy atom. The molecule has 2 unspecified atom stereocenters. The highest BCUT2D eigenvalue weighted by Crippen LogP contribution is 2.22. The fourth-order valence-corrected chi connectivity index (χ4v) is 2.02. The SMILES string of the molecule is CCCCCC1NC1CCCCC. The molecule has 0 aromatic rings. The van der Waals surface area contributed by atoms with Crippen LogP contribution in [0.2, 0.25) is 0 Å². The molecule has 13 heavy (non-hydrogen) atoms. The Labute approximate surface area is 83.3 Å². The topological polar surface area (TPSA) is 21.9 Å². The molecule has 1 fully saturated rings. The minimum Gasteiger partial charge on any atom is -0.308 e. The van der Waals surface area contributed by atoms with E-state index in [-0.39, 0.29) is 0 Å². The van der Waals surface area contributed by atoms with Crippen LogP contribution in [-0.4, -0.2) is 12.1 Å². The van der Waals surface area contributed by atoms with Gasteiger partial charge in [-0.25, -0.2) is 0 Å². The second-order valence-electron chi connectivity index (χ2n) is 4.37. The number of rotatable bonds is 8. The average Bonchev–Trinajstić information content (AvgIpc) is 2.85. The lowest BCUT2D eigenvalue weighted by Crippen LogP contribution is -1.94. The minimum atomic E-state index is 0.892. The summed E-state index contributed by atoms with van der Waals surface area (Å²) >= 11 is 0. The van der Waals surface area contributed by atoms with Gasteiger partial charge < -0.3 is 5.32 Å². The number of hydrogen-bond donors (Lipinski definition) is 1. The molecule has 1 rings (SSSR count). The van der Waals surface area contributed by atoms with Crippen molar-refractivity contribution < 1.29 is 0 Å². The standard InChI is InChI=1S/C12H25N/c1-3-5-7-9-11-12(13-11)10-8-6-4-2/h11-13H,3-10H2,1-2H3. The van der Waals surface area contributed by atoms with E-state index < -0.39 is 0 Å². The smallest absolute Gasteiger partial charge is 0.0224 e. The molecule has 2 atom stereocenters. The third-order valence-corrected chi connectivity index (χ3v) is 3.04. The van der Waals surface area contributed by atoms with Gasteiger partial charge in [0, 0.05) is 12.1 Å². The summed E-state index contributed by atoms with van der Waals surface area (Å²) in [5.74, 6) is 0. The second-order valence-corrected chi connectivity index (χ2v) is 4.37. The fourth-order valence-electron chi connectivity index (χ4n) is 2.02. The lowest BCUT2D eigenvalue weighted by Gasteiger charge is -1.97. The molecular formula is C12H25N. The summed E-state index contributed by atoms with van der Waals surface area (Å²) in [7, 11) is 0. The van der Waals surface area contributed by atoms with Gasteiger partial charge >= 0.3 is 0 Å².